The smallest absolute Gasteiger partial charge is 0.397 e. The molecule has 0 heterocycles. The van der Waals surface area contributed by atoms with Gasteiger partial charge in [-0.1, -0.05) is 105 Å². The van der Waals surface area contributed by atoms with Crippen molar-refractivity contribution in [3.8, 4) is 11.8 Å². The average molecular weight is 545 g/mol. The van der Waals surface area contributed by atoms with Crippen molar-refractivity contribution in [1.29, 1.82) is 0 Å². The van der Waals surface area contributed by atoms with Gasteiger partial charge in [-0.15, -0.1) is 0 Å². The fraction of sp³-hybridized carbons (Fsp3) is 0.484. The molecule has 200 valence electrons. The third-order valence-electron chi connectivity index (χ3n) is 6.11. The molecule has 0 radical (unpaired) electrons. The third kappa shape index (κ3) is 12.1. The number of carbonyl (C=O) groups is 2. The summed E-state index contributed by atoms with van der Waals surface area (Å²) in [5.41, 5.74) is 2.79. The summed E-state index contributed by atoms with van der Waals surface area (Å²) >= 11 is 12.1. The Morgan fingerprint density at radius 2 is 1.49 bits per heavy atom. The van der Waals surface area contributed by atoms with E-state index in [-0.39, 0.29) is 6.61 Å². The van der Waals surface area contributed by atoms with E-state index in [9.17, 15) is 9.59 Å². The third-order valence-corrected chi connectivity index (χ3v) is 6.85. The predicted molar refractivity (Wildman–Crippen MR) is 153 cm³/mol. The summed E-state index contributed by atoms with van der Waals surface area (Å²) in [7, 11) is 0. The van der Waals surface area contributed by atoms with Gasteiger partial charge in [0.2, 0.25) is 0 Å². The molecule has 0 aliphatic carbocycles. The second-order valence-corrected chi connectivity index (χ2v) is 9.98. The molecule has 0 unspecified atom stereocenters. The molecule has 1 amide bonds. The molecule has 0 spiro atoms. The Morgan fingerprint density at radius 1 is 0.838 bits per heavy atom. The first-order valence-corrected chi connectivity index (χ1v) is 14.2. The van der Waals surface area contributed by atoms with Gasteiger partial charge in [-0.3, -0.25) is 4.79 Å². The minimum Gasteiger partial charge on any atom is -0.459 e. The first kappa shape index (κ1) is 30.7. The van der Waals surface area contributed by atoms with Gasteiger partial charge in [-0.2, -0.15) is 0 Å². The maximum absolute atomic E-state index is 12.7. The molecule has 6 heteroatoms. The van der Waals surface area contributed by atoms with Crippen molar-refractivity contribution in [2.24, 2.45) is 0 Å². The molecule has 0 fully saturated rings. The minimum atomic E-state index is -0.847. The van der Waals surface area contributed by atoms with Gasteiger partial charge < -0.3 is 9.64 Å². The topological polar surface area (TPSA) is 46.6 Å². The number of nitrogens with zero attached hydrogens (tertiary/aromatic N) is 1. The van der Waals surface area contributed by atoms with E-state index >= 15 is 0 Å². The zero-order valence-electron chi connectivity index (χ0n) is 22.2. The van der Waals surface area contributed by atoms with Crippen molar-refractivity contribution in [1.82, 2.24) is 4.90 Å². The predicted octanol–water partition coefficient (Wildman–Crippen LogP) is 8.01. The van der Waals surface area contributed by atoms with Crippen LogP contribution in [0.15, 0.2) is 42.5 Å². The number of rotatable bonds is 14. The Labute approximate surface area is 232 Å². The Morgan fingerprint density at radius 3 is 2.14 bits per heavy atom. The van der Waals surface area contributed by atoms with E-state index in [0.29, 0.717) is 29.6 Å². The molecule has 0 saturated carbocycles. The number of hydrogen-bond donors (Lipinski definition) is 0. The van der Waals surface area contributed by atoms with E-state index in [2.05, 4.69) is 18.8 Å². The molecule has 2 rings (SSSR count). The van der Waals surface area contributed by atoms with Gasteiger partial charge in [0.25, 0.3) is 0 Å². The lowest BCUT2D eigenvalue weighted by Crippen LogP contribution is -2.38. The molecule has 4 nitrogen and oxygen atoms in total. The number of amides is 1. The van der Waals surface area contributed by atoms with Crippen LogP contribution < -0.4 is 0 Å². The SMILES string of the molecule is CCCCCCCCCCC#Cc1ccc(CN(CCc2ccc(Cl)c(Cl)c2)C(=O)C(=O)OCC)cc1. The zero-order valence-corrected chi connectivity index (χ0v) is 23.7. The van der Waals surface area contributed by atoms with Crippen LogP contribution in [0.1, 0.15) is 88.3 Å². The summed E-state index contributed by atoms with van der Waals surface area (Å²) in [5.74, 6) is 5.00. The van der Waals surface area contributed by atoms with Gasteiger partial charge in [0.15, 0.2) is 0 Å². The number of halogens is 2. The second kappa shape index (κ2) is 17.9. The lowest BCUT2D eigenvalue weighted by Gasteiger charge is -2.22. The van der Waals surface area contributed by atoms with Crippen LogP contribution in [0, 0.1) is 11.8 Å². The lowest BCUT2D eigenvalue weighted by molar-refractivity contribution is -0.160. The highest BCUT2D eigenvalue weighted by molar-refractivity contribution is 6.42. The number of hydrogen-bond acceptors (Lipinski definition) is 3. The van der Waals surface area contributed by atoms with E-state index in [4.69, 9.17) is 27.9 Å². The first-order chi connectivity index (χ1) is 17.9. The van der Waals surface area contributed by atoms with Crippen LogP contribution in [-0.2, 0) is 27.3 Å². The van der Waals surface area contributed by atoms with E-state index in [1.54, 1.807) is 19.1 Å². The largest absolute Gasteiger partial charge is 0.459 e. The van der Waals surface area contributed by atoms with Crippen molar-refractivity contribution < 1.29 is 14.3 Å². The Balaban J connectivity index is 1.89. The van der Waals surface area contributed by atoms with Crippen LogP contribution in [0.25, 0.3) is 0 Å². The lowest BCUT2D eigenvalue weighted by atomic mass is 10.1. The summed E-state index contributed by atoms with van der Waals surface area (Å²) in [6.45, 7) is 4.72. The fourth-order valence-electron chi connectivity index (χ4n) is 3.96. The highest BCUT2D eigenvalue weighted by Gasteiger charge is 2.23. The van der Waals surface area contributed by atoms with Crippen molar-refractivity contribution in [3.63, 3.8) is 0 Å². The van der Waals surface area contributed by atoms with Crippen LogP contribution in [0.2, 0.25) is 10.0 Å². The van der Waals surface area contributed by atoms with E-state index < -0.39 is 11.9 Å². The molecule has 2 aromatic carbocycles. The van der Waals surface area contributed by atoms with Crippen molar-refractivity contribution >= 4 is 35.1 Å². The summed E-state index contributed by atoms with van der Waals surface area (Å²) < 4.78 is 4.94. The van der Waals surface area contributed by atoms with E-state index in [1.165, 1.54) is 49.8 Å². The van der Waals surface area contributed by atoms with Crippen LogP contribution in [0.3, 0.4) is 0 Å². The molecule has 0 aromatic heterocycles. The summed E-state index contributed by atoms with van der Waals surface area (Å²) in [4.78, 5) is 26.4. The molecule has 0 aliphatic heterocycles. The zero-order chi connectivity index (χ0) is 26.9. The number of benzene rings is 2. The average Bonchev–Trinajstić information content (AvgIpc) is 2.90. The van der Waals surface area contributed by atoms with Crippen molar-refractivity contribution in [2.45, 2.75) is 84.6 Å². The standard InChI is InChI=1S/C31H39Cl2NO3/c1-3-5-6-7-8-9-10-11-12-13-14-25-15-17-27(18-16-25)24-34(30(35)31(36)37-4-2)22-21-26-19-20-28(32)29(33)23-26/h15-20,23H,3-12,21-22,24H2,1-2H3. The molecular weight excluding hydrogens is 505 g/mol. The number of carbonyl (C=O) groups excluding carboxylic acids is 2. The van der Waals surface area contributed by atoms with Crippen molar-refractivity contribution in [2.75, 3.05) is 13.2 Å². The molecule has 0 aliphatic rings. The Hall–Kier alpha value is -2.48. The molecule has 0 bridgehead atoms. The molecule has 37 heavy (non-hydrogen) atoms. The highest BCUT2D eigenvalue weighted by atomic mass is 35.5. The van der Waals surface area contributed by atoms with Crippen molar-refractivity contribution in [3.05, 3.63) is 69.2 Å². The molecule has 0 atom stereocenters. The van der Waals surface area contributed by atoms with Crippen LogP contribution in [0.5, 0.6) is 0 Å². The maximum Gasteiger partial charge on any atom is 0.397 e. The molecule has 2 aromatic rings. The number of ether oxygens (including phenoxy) is 1. The highest BCUT2D eigenvalue weighted by Crippen LogP contribution is 2.23. The second-order valence-electron chi connectivity index (χ2n) is 9.17. The normalized spacial score (nSPS) is 10.5. The summed E-state index contributed by atoms with van der Waals surface area (Å²) in [6.07, 6.45) is 11.8. The minimum absolute atomic E-state index is 0.150. The summed E-state index contributed by atoms with van der Waals surface area (Å²) in [6, 6.07) is 13.2. The van der Waals surface area contributed by atoms with E-state index in [0.717, 1.165) is 29.5 Å². The monoisotopic (exact) mass is 543 g/mol. The van der Waals surface area contributed by atoms with Gasteiger partial charge in [0.05, 0.1) is 16.7 Å². The van der Waals surface area contributed by atoms with E-state index in [1.807, 2.05) is 30.3 Å². The first-order valence-electron chi connectivity index (χ1n) is 13.4. The Bertz CT molecular complexity index is 1040. The Kier molecular flexibility index (Phi) is 14.9. The number of unbranched alkanes of at least 4 members (excludes halogenated alkanes) is 8. The van der Waals surface area contributed by atoms with Crippen LogP contribution in [0.4, 0.5) is 0 Å². The number of esters is 1. The van der Waals surface area contributed by atoms with Crippen LogP contribution in [-0.4, -0.2) is 29.9 Å². The van der Waals surface area contributed by atoms with Gasteiger partial charge >= 0.3 is 11.9 Å². The quantitative estimate of drug-likeness (QED) is 0.105. The van der Waals surface area contributed by atoms with Crippen LogP contribution >= 0.6 is 23.2 Å². The summed E-state index contributed by atoms with van der Waals surface area (Å²) in [5, 5.41) is 0.937. The maximum atomic E-state index is 12.7. The van der Waals surface area contributed by atoms with Gasteiger partial charge in [0.1, 0.15) is 0 Å². The van der Waals surface area contributed by atoms with Gasteiger partial charge in [-0.05, 0) is 55.2 Å². The van der Waals surface area contributed by atoms with Gasteiger partial charge in [0, 0.05) is 25.1 Å². The van der Waals surface area contributed by atoms with Gasteiger partial charge in [-0.25, -0.2) is 4.79 Å². The molecule has 0 N–H and O–H groups in total. The molecular formula is C31H39Cl2NO3. The molecule has 0 saturated heterocycles. The fourth-order valence-corrected chi connectivity index (χ4v) is 4.28.